The van der Waals surface area contributed by atoms with E-state index in [4.69, 9.17) is 5.73 Å². The lowest BCUT2D eigenvalue weighted by molar-refractivity contribution is -0.141. The average molecular weight is 454 g/mol. The molecule has 1 aliphatic heterocycles. The summed E-state index contributed by atoms with van der Waals surface area (Å²) in [6.07, 6.45) is -3.66. The fraction of sp³-hybridized carbons (Fsp3) is 0.182. The van der Waals surface area contributed by atoms with Crippen LogP contribution in [0.2, 0.25) is 0 Å². The van der Waals surface area contributed by atoms with Gasteiger partial charge in [-0.2, -0.15) is 18.4 Å². The summed E-state index contributed by atoms with van der Waals surface area (Å²) in [7, 11) is 0. The third kappa shape index (κ3) is 4.10. The Hall–Kier alpha value is -4.33. The van der Waals surface area contributed by atoms with Crippen LogP contribution < -0.4 is 11.1 Å². The van der Waals surface area contributed by atoms with Gasteiger partial charge in [0.1, 0.15) is 11.8 Å². The van der Waals surface area contributed by atoms with E-state index in [2.05, 4.69) is 16.4 Å². The largest absolute Gasteiger partial charge is 0.433 e. The summed E-state index contributed by atoms with van der Waals surface area (Å²) in [5.41, 5.74) is 6.48. The first-order valence-corrected chi connectivity index (χ1v) is 9.80. The van der Waals surface area contributed by atoms with Crippen LogP contribution in [0, 0.1) is 11.3 Å². The SMILES string of the molecule is N#Cc1c(C(N)=O)c2n(c1-c1ccccc1)CCN(C(=O)Nc1ccc(C(F)(F)F)nc1)C2. The van der Waals surface area contributed by atoms with E-state index in [9.17, 15) is 28.0 Å². The van der Waals surface area contributed by atoms with Crippen LogP contribution in [0.1, 0.15) is 27.3 Å². The van der Waals surface area contributed by atoms with E-state index in [0.29, 0.717) is 17.9 Å². The van der Waals surface area contributed by atoms with E-state index in [1.165, 1.54) is 4.90 Å². The van der Waals surface area contributed by atoms with E-state index in [-0.39, 0.29) is 29.9 Å². The summed E-state index contributed by atoms with van der Waals surface area (Å²) in [6, 6.07) is 12.4. The predicted octanol–water partition coefficient (Wildman–Crippen LogP) is 3.59. The van der Waals surface area contributed by atoms with Gasteiger partial charge in [-0.1, -0.05) is 30.3 Å². The fourth-order valence-electron chi connectivity index (χ4n) is 3.84. The number of carbonyl (C=O) groups excluding carboxylic acids is 2. The van der Waals surface area contributed by atoms with E-state index in [1.54, 1.807) is 16.7 Å². The minimum absolute atomic E-state index is 0.0142. The first-order chi connectivity index (χ1) is 15.7. The number of nitrogens with zero attached hydrogens (tertiary/aromatic N) is 4. The Labute approximate surface area is 186 Å². The summed E-state index contributed by atoms with van der Waals surface area (Å²) in [5, 5.41) is 12.3. The molecule has 0 spiro atoms. The Morgan fingerprint density at radius 1 is 1.12 bits per heavy atom. The molecule has 4 rings (SSSR count). The molecule has 0 fully saturated rings. The Balaban J connectivity index is 1.63. The van der Waals surface area contributed by atoms with Crippen LogP contribution >= 0.6 is 0 Å². The number of carbonyl (C=O) groups is 2. The van der Waals surface area contributed by atoms with Gasteiger partial charge in [-0.15, -0.1) is 0 Å². The summed E-state index contributed by atoms with van der Waals surface area (Å²) in [4.78, 5) is 29.7. The number of pyridine rings is 1. The average Bonchev–Trinajstić information content (AvgIpc) is 3.13. The molecule has 0 saturated heterocycles. The monoisotopic (exact) mass is 454 g/mol. The van der Waals surface area contributed by atoms with Gasteiger partial charge in [0.05, 0.1) is 40.9 Å². The van der Waals surface area contributed by atoms with E-state index >= 15 is 0 Å². The number of nitriles is 1. The Morgan fingerprint density at radius 3 is 2.42 bits per heavy atom. The number of fused-ring (bicyclic) bond motifs is 1. The van der Waals surface area contributed by atoms with Crippen molar-refractivity contribution in [2.24, 2.45) is 5.73 Å². The summed E-state index contributed by atoms with van der Waals surface area (Å²) >= 11 is 0. The predicted molar refractivity (Wildman–Crippen MR) is 112 cm³/mol. The number of amides is 3. The van der Waals surface area contributed by atoms with Crippen LogP contribution in [0.4, 0.5) is 23.7 Å². The Morgan fingerprint density at radius 2 is 1.85 bits per heavy atom. The van der Waals surface area contributed by atoms with Crippen LogP contribution in [-0.4, -0.2) is 32.9 Å². The Bertz CT molecular complexity index is 1260. The molecule has 1 aromatic carbocycles. The molecule has 168 valence electrons. The third-order valence-electron chi connectivity index (χ3n) is 5.30. The van der Waals surface area contributed by atoms with E-state index in [1.807, 2.05) is 18.2 Å². The quantitative estimate of drug-likeness (QED) is 0.629. The molecule has 2 aromatic heterocycles. The second-order valence-electron chi connectivity index (χ2n) is 7.32. The molecule has 0 radical (unpaired) electrons. The number of alkyl halides is 3. The van der Waals surface area contributed by atoms with Crippen LogP contribution in [0.25, 0.3) is 11.3 Å². The maximum atomic E-state index is 12.7. The highest BCUT2D eigenvalue weighted by Crippen LogP contribution is 2.34. The summed E-state index contributed by atoms with van der Waals surface area (Å²) < 4.78 is 39.8. The molecule has 0 atom stereocenters. The fourth-order valence-corrected chi connectivity index (χ4v) is 3.84. The minimum Gasteiger partial charge on any atom is -0.366 e. The first-order valence-electron chi connectivity index (χ1n) is 9.80. The maximum Gasteiger partial charge on any atom is 0.433 e. The van der Waals surface area contributed by atoms with E-state index in [0.717, 1.165) is 23.9 Å². The first kappa shape index (κ1) is 21.9. The standard InChI is InChI=1S/C22H17F3N6O2/c23-22(24,25)17-7-6-14(11-28-17)29-21(33)30-8-9-31-16(12-30)18(20(27)32)15(10-26)19(31)13-4-2-1-3-5-13/h1-7,11H,8-9,12H2,(H2,27,32)(H,29,33). The molecule has 33 heavy (non-hydrogen) atoms. The molecule has 3 amide bonds. The molecule has 11 heteroatoms. The molecule has 0 saturated carbocycles. The van der Waals surface area contributed by atoms with Crippen LogP contribution in [0.3, 0.4) is 0 Å². The van der Waals surface area contributed by atoms with Gasteiger partial charge in [0.25, 0.3) is 5.91 Å². The molecule has 0 aliphatic carbocycles. The minimum atomic E-state index is -4.58. The van der Waals surface area contributed by atoms with E-state index < -0.39 is 23.8 Å². The topological polar surface area (TPSA) is 117 Å². The molecule has 3 N–H and O–H groups in total. The van der Waals surface area contributed by atoms with Crippen LogP contribution in [0.15, 0.2) is 48.7 Å². The number of primary amides is 1. The van der Waals surface area contributed by atoms with Crippen molar-refractivity contribution >= 4 is 17.6 Å². The van der Waals surface area contributed by atoms with Gasteiger partial charge in [-0.05, 0) is 17.7 Å². The van der Waals surface area contributed by atoms with Gasteiger partial charge in [0.2, 0.25) is 0 Å². The lowest BCUT2D eigenvalue weighted by atomic mass is 10.0. The number of halogens is 3. The van der Waals surface area contributed by atoms with Crippen LogP contribution in [-0.2, 0) is 19.3 Å². The molecule has 0 bridgehead atoms. The highest BCUT2D eigenvalue weighted by Gasteiger charge is 2.33. The van der Waals surface area contributed by atoms with Gasteiger partial charge in [0.15, 0.2) is 0 Å². The molecule has 3 aromatic rings. The highest BCUT2D eigenvalue weighted by molar-refractivity contribution is 6.00. The van der Waals surface area contributed by atoms with Gasteiger partial charge in [0, 0.05) is 13.1 Å². The van der Waals surface area contributed by atoms with Crippen molar-refractivity contribution in [2.45, 2.75) is 19.3 Å². The van der Waals surface area contributed by atoms with Crippen LogP contribution in [0.5, 0.6) is 0 Å². The van der Waals surface area contributed by atoms with Crippen molar-refractivity contribution in [1.29, 1.82) is 5.26 Å². The van der Waals surface area contributed by atoms with Crippen molar-refractivity contribution in [3.8, 4) is 17.3 Å². The van der Waals surface area contributed by atoms with Crippen molar-refractivity contribution in [3.05, 3.63) is 71.2 Å². The van der Waals surface area contributed by atoms with Gasteiger partial charge in [-0.25, -0.2) is 9.78 Å². The van der Waals surface area contributed by atoms with Crippen molar-refractivity contribution in [1.82, 2.24) is 14.5 Å². The van der Waals surface area contributed by atoms with Gasteiger partial charge < -0.3 is 20.5 Å². The normalized spacial score (nSPS) is 13.2. The molecule has 1 aliphatic rings. The molecular formula is C22H17F3N6O2. The zero-order valence-electron chi connectivity index (χ0n) is 17.1. The number of anilines is 1. The molecule has 8 nitrogen and oxygen atoms in total. The lowest BCUT2D eigenvalue weighted by Crippen LogP contribution is -2.41. The number of urea groups is 1. The number of hydrogen-bond acceptors (Lipinski definition) is 4. The zero-order chi connectivity index (χ0) is 23.8. The number of hydrogen-bond donors (Lipinski definition) is 2. The second-order valence-corrected chi connectivity index (χ2v) is 7.32. The molecule has 3 heterocycles. The zero-order valence-corrected chi connectivity index (χ0v) is 17.1. The Kier molecular flexibility index (Phi) is 5.51. The number of nitrogens with one attached hydrogen (secondary N) is 1. The number of nitrogens with two attached hydrogens (primary N) is 1. The van der Waals surface area contributed by atoms with Crippen molar-refractivity contribution in [3.63, 3.8) is 0 Å². The maximum absolute atomic E-state index is 12.7. The highest BCUT2D eigenvalue weighted by atomic mass is 19.4. The van der Waals surface area contributed by atoms with Gasteiger partial charge in [-0.3, -0.25) is 4.79 Å². The number of aromatic nitrogens is 2. The summed E-state index contributed by atoms with van der Waals surface area (Å²) in [6.45, 7) is 0.518. The number of rotatable bonds is 3. The lowest BCUT2D eigenvalue weighted by Gasteiger charge is -2.30. The third-order valence-corrected chi connectivity index (χ3v) is 5.30. The summed E-state index contributed by atoms with van der Waals surface area (Å²) in [5.74, 6) is -0.785. The second kappa shape index (κ2) is 8.31. The van der Waals surface area contributed by atoms with Gasteiger partial charge >= 0.3 is 12.2 Å². The van der Waals surface area contributed by atoms with Crippen molar-refractivity contribution < 1.29 is 22.8 Å². The molecule has 0 unspecified atom stereocenters. The molecular weight excluding hydrogens is 437 g/mol. The van der Waals surface area contributed by atoms with Crippen molar-refractivity contribution in [2.75, 3.05) is 11.9 Å². The number of benzene rings is 1. The smallest absolute Gasteiger partial charge is 0.366 e.